The predicted molar refractivity (Wildman–Crippen MR) is 126 cm³/mol. The van der Waals surface area contributed by atoms with Crippen LogP contribution in [0.5, 0.6) is 5.75 Å². The van der Waals surface area contributed by atoms with Gasteiger partial charge in [-0.05, 0) is 66.9 Å². The number of sulfonamides is 1. The molecule has 0 radical (unpaired) electrons. The Bertz CT molecular complexity index is 1100. The summed E-state index contributed by atoms with van der Waals surface area (Å²) in [6, 6.07) is 22.0. The molecule has 3 aromatic carbocycles. The van der Waals surface area contributed by atoms with E-state index in [2.05, 4.69) is 22.9 Å². The average Bonchev–Trinajstić information content (AvgIpc) is 2.79. The highest BCUT2D eigenvalue weighted by Gasteiger charge is 2.31. The highest BCUT2D eigenvalue weighted by atomic mass is 79.9. The van der Waals surface area contributed by atoms with Crippen LogP contribution in [0.4, 0.5) is 5.69 Å². The number of ether oxygens (including phenoxy) is 1. The Morgan fingerprint density at radius 2 is 1.58 bits per heavy atom. The van der Waals surface area contributed by atoms with Crippen LogP contribution >= 0.6 is 15.9 Å². The minimum Gasteiger partial charge on any atom is -0.484 e. The van der Waals surface area contributed by atoms with Crippen molar-refractivity contribution in [3.8, 4) is 5.75 Å². The molecular formula is C24H24BrNO4S. The topological polar surface area (TPSA) is 63.7 Å². The number of nitrogens with zero attached hydrogens (tertiary/aromatic N) is 1. The van der Waals surface area contributed by atoms with Crippen LogP contribution in [0.25, 0.3) is 0 Å². The van der Waals surface area contributed by atoms with E-state index in [1.165, 1.54) is 12.1 Å². The smallest absolute Gasteiger partial charge is 0.278 e. The molecule has 5 nitrogen and oxygen atoms in total. The molecule has 0 aliphatic carbocycles. The van der Waals surface area contributed by atoms with Gasteiger partial charge >= 0.3 is 0 Å². The molecule has 0 saturated heterocycles. The second-order valence-corrected chi connectivity index (χ2v) is 9.69. The number of aryl methyl sites for hydroxylation is 1. The van der Waals surface area contributed by atoms with E-state index in [-0.39, 0.29) is 10.6 Å². The Morgan fingerprint density at radius 3 is 2.19 bits per heavy atom. The van der Waals surface area contributed by atoms with Gasteiger partial charge in [0.25, 0.3) is 15.9 Å². The normalized spacial score (nSPS) is 11.2. The van der Waals surface area contributed by atoms with Crippen molar-refractivity contribution in [2.24, 2.45) is 0 Å². The molecule has 0 atom stereocenters. The third-order valence-corrected chi connectivity index (χ3v) is 6.97. The van der Waals surface area contributed by atoms with Crippen molar-refractivity contribution in [1.29, 1.82) is 0 Å². The number of hydrogen-bond acceptors (Lipinski definition) is 4. The van der Waals surface area contributed by atoms with Gasteiger partial charge in [-0.2, -0.15) is 4.31 Å². The summed E-state index contributed by atoms with van der Waals surface area (Å²) in [6.45, 7) is 1.71. The van der Waals surface area contributed by atoms with E-state index in [1.54, 1.807) is 54.6 Å². The first-order chi connectivity index (χ1) is 14.9. The van der Waals surface area contributed by atoms with Gasteiger partial charge in [0.1, 0.15) is 5.75 Å². The highest BCUT2D eigenvalue weighted by Crippen LogP contribution is 2.25. The molecule has 0 heterocycles. The van der Waals surface area contributed by atoms with Gasteiger partial charge < -0.3 is 4.74 Å². The largest absolute Gasteiger partial charge is 0.484 e. The molecule has 162 valence electrons. The van der Waals surface area contributed by atoms with Gasteiger partial charge in [-0.1, -0.05) is 59.6 Å². The molecule has 3 rings (SSSR count). The maximum Gasteiger partial charge on any atom is 0.278 e. The number of unbranched alkanes of at least 4 members (excludes halogenated alkanes) is 1. The first kappa shape index (κ1) is 23.0. The Labute approximate surface area is 191 Å². The van der Waals surface area contributed by atoms with Gasteiger partial charge in [-0.15, -0.1) is 0 Å². The SMILES string of the molecule is CCCCc1ccc(N(C(=O)COc2ccc(Br)cc2)S(=O)(=O)c2ccccc2)cc1. The average molecular weight is 502 g/mol. The van der Waals surface area contributed by atoms with Crippen LogP contribution in [0.1, 0.15) is 25.3 Å². The lowest BCUT2D eigenvalue weighted by Gasteiger charge is -2.23. The summed E-state index contributed by atoms with van der Waals surface area (Å²) in [5, 5.41) is 0. The summed E-state index contributed by atoms with van der Waals surface area (Å²) < 4.78 is 33.9. The standard InChI is InChI=1S/C24H24BrNO4S/c1-2-3-7-19-10-14-21(15-11-19)26(31(28,29)23-8-5-4-6-9-23)24(27)18-30-22-16-12-20(25)13-17-22/h4-6,8-17H,2-3,7,18H2,1H3. The summed E-state index contributed by atoms with van der Waals surface area (Å²) in [7, 11) is -4.10. The van der Waals surface area contributed by atoms with Crippen LogP contribution < -0.4 is 9.04 Å². The third kappa shape index (κ3) is 5.95. The van der Waals surface area contributed by atoms with Crippen LogP contribution in [0.15, 0.2) is 88.2 Å². The summed E-state index contributed by atoms with van der Waals surface area (Å²) in [4.78, 5) is 13.1. The van der Waals surface area contributed by atoms with Gasteiger partial charge in [0.15, 0.2) is 6.61 Å². The Balaban J connectivity index is 1.90. The summed E-state index contributed by atoms with van der Waals surface area (Å²) in [5.74, 6) is -0.198. The first-order valence-corrected chi connectivity index (χ1v) is 12.3. The van der Waals surface area contributed by atoms with Crippen molar-refractivity contribution >= 4 is 37.5 Å². The van der Waals surface area contributed by atoms with Gasteiger partial charge in [-0.25, -0.2) is 8.42 Å². The quantitative estimate of drug-likeness (QED) is 0.383. The minimum absolute atomic E-state index is 0.0436. The molecule has 1 amide bonds. The highest BCUT2D eigenvalue weighted by molar-refractivity contribution is 9.10. The monoisotopic (exact) mass is 501 g/mol. The lowest BCUT2D eigenvalue weighted by Crippen LogP contribution is -2.40. The summed E-state index contributed by atoms with van der Waals surface area (Å²) >= 11 is 3.34. The number of carbonyl (C=O) groups excluding carboxylic acids is 1. The molecule has 3 aromatic rings. The molecule has 0 spiro atoms. The summed E-state index contributed by atoms with van der Waals surface area (Å²) in [6.07, 6.45) is 3.02. The fourth-order valence-electron chi connectivity index (χ4n) is 3.03. The number of amides is 1. The maximum atomic E-state index is 13.3. The van der Waals surface area contributed by atoms with E-state index in [9.17, 15) is 13.2 Å². The molecule has 0 aliphatic rings. The van der Waals surface area contributed by atoms with Crippen molar-refractivity contribution in [2.75, 3.05) is 10.9 Å². The molecule has 0 saturated carbocycles. The predicted octanol–water partition coefficient (Wildman–Crippen LogP) is 5.59. The number of rotatable bonds is 9. The van der Waals surface area contributed by atoms with Crippen LogP contribution in [0, 0.1) is 0 Å². The lowest BCUT2D eigenvalue weighted by molar-refractivity contribution is -0.119. The van der Waals surface area contributed by atoms with Crippen LogP contribution in [0.2, 0.25) is 0 Å². The fraction of sp³-hybridized carbons (Fsp3) is 0.208. The van der Waals surface area contributed by atoms with Crippen LogP contribution in [-0.4, -0.2) is 20.9 Å². The van der Waals surface area contributed by atoms with E-state index in [1.807, 2.05) is 12.1 Å². The van der Waals surface area contributed by atoms with Crippen LogP contribution in [0.3, 0.4) is 0 Å². The number of anilines is 1. The van der Waals surface area contributed by atoms with E-state index in [0.717, 1.165) is 33.6 Å². The Kier molecular flexibility index (Phi) is 7.87. The Hall–Kier alpha value is -2.64. The molecule has 0 unspecified atom stereocenters. The second-order valence-electron chi connectivity index (χ2n) is 6.99. The minimum atomic E-state index is -4.10. The number of halogens is 1. The fourth-order valence-corrected chi connectivity index (χ4v) is 4.72. The van der Waals surface area contributed by atoms with Crippen LogP contribution in [-0.2, 0) is 21.2 Å². The van der Waals surface area contributed by atoms with E-state index in [0.29, 0.717) is 5.75 Å². The van der Waals surface area contributed by atoms with E-state index in [4.69, 9.17) is 4.74 Å². The third-order valence-electron chi connectivity index (χ3n) is 4.67. The van der Waals surface area contributed by atoms with Crippen molar-refractivity contribution in [3.63, 3.8) is 0 Å². The van der Waals surface area contributed by atoms with Gasteiger partial charge in [-0.3, -0.25) is 4.79 Å². The summed E-state index contributed by atoms with van der Waals surface area (Å²) in [5.41, 5.74) is 1.38. The number of carbonyl (C=O) groups is 1. The second kappa shape index (κ2) is 10.6. The molecule has 31 heavy (non-hydrogen) atoms. The molecule has 0 aromatic heterocycles. The zero-order valence-corrected chi connectivity index (χ0v) is 19.6. The number of hydrogen-bond donors (Lipinski definition) is 0. The van der Waals surface area contributed by atoms with Gasteiger partial charge in [0.05, 0.1) is 10.6 Å². The molecule has 0 bridgehead atoms. The maximum absolute atomic E-state index is 13.3. The molecule has 0 fully saturated rings. The Morgan fingerprint density at radius 1 is 0.935 bits per heavy atom. The molecule has 0 N–H and O–H groups in total. The zero-order valence-electron chi connectivity index (χ0n) is 17.2. The van der Waals surface area contributed by atoms with Crippen molar-refractivity contribution in [2.45, 2.75) is 31.1 Å². The van der Waals surface area contributed by atoms with Crippen molar-refractivity contribution in [1.82, 2.24) is 0 Å². The van der Waals surface area contributed by atoms with E-state index >= 15 is 0 Å². The molecule has 0 aliphatic heterocycles. The molecular weight excluding hydrogens is 478 g/mol. The first-order valence-electron chi connectivity index (χ1n) is 10.0. The zero-order chi connectivity index (χ0) is 22.3. The van der Waals surface area contributed by atoms with Gasteiger partial charge in [0.2, 0.25) is 0 Å². The number of benzene rings is 3. The van der Waals surface area contributed by atoms with E-state index < -0.39 is 22.5 Å². The van der Waals surface area contributed by atoms with Crippen molar-refractivity contribution in [3.05, 3.63) is 88.9 Å². The molecule has 7 heteroatoms. The van der Waals surface area contributed by atoms with Gasteiger partial charge in [0, 0.05) is 4.47 Å². The lowest BCUT2D eigenvalue weighted by atomic mass is 10.1. The van der Waals surface area contributed by atoms with Crippen molar-refractivity contribution < 1.29 is 17.9 Å².